The molecule has 0 spiro atoms. The number of nitrogens with one attached hydrogen (secondary N) is 2. The van der Waals surface area contributed by atoms with Gasteiger partial charge in [-0.3, -0.25) is 4.79 Å². The topological polar surface area (TPSA) is 44.4 Å². The van der Waals surface area contributed by atoms with Crippen molar-refractivity contribution in [2.45, 2.75) is 18.9 Å². The average Bonchev–Trinajstić information content (AvgIpc) is 2.57. The maximum Gasteiger partial charge on any atom is 0.258 e. The molecule has 132 valence electrons. The molecule has 1 aliphatic heterocycles. The minimum Gasteiger partial charge on any atom is -0.382 e. The van der Waals surface area contributed by atoms with Crippen LogP contribution in [0, 0.1) is 11.6 Å². The molecule has 0 radical (unpaired) electrons. The third kappa shape index (κ3) is 4.54. The highest BCUT2D eigenvalue weighted by molar-refractivity contribution is 6.04. The first-order chi connectivity index (χ1) is 12.0. The second kappa shape index (κ2) is 7.61. The average molecular weight is 345 g/mol. The molecular formula is C19H21F2N3O. The summed E-state index contributed by atoms with van der Waals surface area (Å²) in [5.74, 6) is -2.19. The van der Waals surface area contributed by atoms with Crippen LogP contribution < -0.4 is 10.6 Å². The molecule has 1 aliphatic rings. The van der Waals surface area contributed by atoms with Gasteiger partial charge in [-0.05, 0) is 63.3 Å². The van der Waals surface area contributed by atoms with Crippen LogP contribution in [-0.4, -0.2) is 37.0 Å². The highest BCUT2D eigenvalue weighted by Crippen LogP contribution is 2.20. The fourth-order valence-corrected chi connectivity index (χ4v) is 2.95. The van der Waals surface area contributed by atoms with Gasteiger partial charge in [0.2, 0.25) is 0 Å². The van der Waals surface area contributed by atoms with E-state index in [1.54, 1.807) is 6.07 Å². The van der Waals surface area contributed by atoms with Gasteiger partial charge < -0.3 is 15.5 Å². The van der Waals surface area contributed by atoms with Gasteiger partial charge in [-0.25, -0.2) is 8.78 Å². The van der Waals surface area contributed by atoms with Gasteiger partial charge in [-0.2, -0.15) is 0 Å². The number of amides is 1. The second-order valence-electron chi connectivity index (χ2n) is 6.38. The van der Waals surface area contributed by atoms with E-state index in [1.165, 1.54) is 0 Å². The third-order valence-electron chi connectivity index (χ3n) is 4.39. The Morgan fingerprint density at radius 2 is 1.80 bits per heavy atom. The van der Waals surface area contributed by atoms with Crippen molar-refractivity contribution < 1.29 is 13.6 Å². The summed E-state index contributed by atoms with van der Waals surface area (Å²) in [4.78, 5) is 14.5. The summed E-state index contributed by atoms with van der Waals surface area (Å²) in [6.07, 6.45) is 2.13. The molecule has 0 bridgehead atoms. The highest BCUT2D eigenvalue weighted by atomic mass is 19.1. The summed E-state index contributed by atoms with van der Waals surface area (Å²) in [6.45, 7) is 2.11. The zero-order valence-corrected chi connectivity index (χ0v) is 14.1. The Balaban J connectivity index is 1.66. The van der Waals surface area contributed by atoms with Crippen molar-refractivity contribution in [3.8, 4) is 0 Å². The Hall–Kier alpha value is -2.47. The van der Waals surface area contributed by atoms with Crippen LogP contribution in [-0.2, 0) is 0 Å². The lowest BCUT2D eigenvalue weighted by Crippen LogP contribution is -2.36. The van der Waals surface area contributed by atoms with Crippen molar-refractivity contribution >= 4 is 17.3 Å². The van der Waals surface area contributed by atoms with Crippen LogP contribution in [0.25, 0.3) is 0 Å². The summed E-state index contributed by atoms with van der Waals surface area (Å²) >= 11 is 0. The van der Waals surface area contributed by atoms with Crippen LogP contribution in [0.4, 0.5) is 20.2 Å². The van der Waals surface area contributed by atoms with Crippen molar-refractivity contribution in [2.75, 3.05) is 30.8 Å². The van der Waals surface area contributed by atoms with Crippen molar-refractivity contribution in [1.29, 1.82) is 0 Å². The lowest BCUT2D eigenvalue weighted by atomic mass is 10.1. The first kappa shape index (κ1) is 17.4. The van der Waals surface area contributed by atoms with Gasteiger partial charge in [0, 0.05) is 23.5 Å². The molecule has 6 heteroatoms. The summed E-state index contributed by atoms with van der Waals surface area (Å²) in [6, 6.07) is 10.6. The largest absolute Gasteiger partial charge is 0.382 e. The van der Waals surface area contributed by atoms with E-state index in [2.05, 4.69) is 22.6 Å². The van der Waals surface area contributed by atoms with Crippen LogP contribution in [0.2, 0.25) is 0 Å². The highest BCUT2D eigenvalue weighted by Gasteiger charge is 2.17. The van der Waals surface area contributed by atoms with Gasteiger partial charge in [0.1, 0.15) is 11.6 Å². The molecule has 1 saturated heterocycles. The molecule has 2 aromatic rings. The monoisotopic (exact) mass is 345 g/mol. The zero-order chi connectivity index (χ0) is 17.8. The second-order valence-corrected chi connectivity index (χ2v) is 6.38. The Morgan fingerprint density at radius 1 is 1.08 bits per heavy atom. The fraction of sp³-hybridized carbons (Fsp3) is 0.316. The van der Waals surface area contributed by atoms with Crippen LogP contribution >= 0.6 is 0 Å². The number of likely N-dealkylation sites (tertiary alicyclic amines) is 1. The van der Waals surface area contributed by atoms with Crippen molar-refractivity contribution in [3.63, 3.8) is 0 Å². The molecule has 1 heterocycles. The Bertz CT molecular complexity index is 758. The number of carbonyl (C=O) groups is 1. The van der Waals surface area contributed by atoms with Gasteiger partial charge >= 0.3 is 0 Å². The van der Waals surface area contributed by atoms with Crippen LogP contribution in [0.1, 0.15) is 23.2 Å². The molecule has 2 aromatic carbocycles. The maximum atomic E-state index is 13.7. The number of piperidine rings is 1. The molecule has 0 saturated carbocycles. The minimum atomic E-state index is -0.877. The first-order valence-electron chi connectivity index (χ1n) is 8.33. The van der Waals surface area contributed by atoms with E-state index >= 15 is 0 Å². The van der Waals surface area contributed by atoms with E-state index in [0.717, 1.165) is 43.8 Å². The lowest BCUT2D eigenvalue weighted by molar-refractivity contribution is 0.102. The predicted molar refractivity (Wildman–Crippen MR) is 94.9 cm³/mol. The number of halogens is 2. The zero-order valence-electron chi connectivity index (χ0n) is 14.1. The number of benzene rings is 2. The van der Waals surface area contributed by atoms with Gasteiger partial charge in [0.15, 0.2) is 0 Å². The Labute approximate surface area is 145 Å². The van der Waals surface area contributed by atoms with Crippen LogP contribution in [0.5, 0.6) is 0 Å². The van der Waals surface area contributed by atoms with Gasteiger partial charge in [0.05, 0.1) is 5.56 Å². The van der Waals surface area contributed by atoms with Gasteiger partial charge in [0.25, 0.3) is 5.91 Å². The molecule has 0 atom stereocenters. The molecular weight excluding hydrogens is 324 g/mol. The summed E-state index contributed by atoms with van der Waals surface area (Å²) in [7, 11) is 2.11. The summed E-state index contributed by atoms with van der Waals surface area (Å²) < 4.78 is 26.7. The van der Waals surface area contributed by atoms with E-state index in [1.807, 2.05) is 18.2 Å². The maximum absolute atomic E-state index is 13.7. The minimum absolute atomic E-state index is 0.185. The molecule has 3 rings (SSSR count). The molecule has 0 aromatic heterocycles. The molecule has 0 unspecified atom stereocenters. The number of hydrogen-bond donors (Lipinski definition) is 2. The number of anilines is 2. The molecule has 2 N–H and O–H groups in total. The Kier molecular flexibility index (Phi) is 5.28. The molecule has 25 heavy (non-hydrogen) atoms. The fourth-order valence-electron chi connectivity index (χ4n) is 2.95. The predicted octanol–water partition coefficient (Wildman–Crippen LogP) is 3.72. The summed E-state index contributed by atoms with van der Waals surface area (Å²) in [5, 5.41) is 6.13. The number of rotatable bonds is 4. The SMILES string of the molecule is CN1CCC(Nc2cccc(NC(=O)c3ccc(F)cc3F)c2)CC1. The van der Waals surface area contributed by atoms with E-state index in [-0.39, 0.29) is 5.56 Å². The van der Waals surface area contributed by atoms with E-state index in [4.69, 9.17) is 0 Å². The van der Waals surface area contributed by atoms with Gasteiger partial charge in [-0.15, -0.1) is 0 Å². The number of hydrogen-bond acceptors (Lipinski definition) is 3. The first-order valence-corrected chi connectivity index (χ1v) is 8.33. The van der Waals surface area contributed by atoms with Crippen molar-refractivity contribution in [2.24, 2.45) is 0 Å². The third-order valence-corrected chi connectivity index (χ3v) is 4.39. The molecule has 1 amide bonds. The van der Waals surface area contributed by atoms with Gasteiger partial charge in [-0.1, -0.05) is 6.07 Å². The van der Waals surface area contributed by atoms with E-state index < -0.39 is 17.5 Å². The quantitative estimate of drug-likeness (QED) is 0.888. The Morgan fingerprint density at radius 3 is 2.52 bits per heavy atom. The molecule has 4 nitrogen and oxygen atoms in total. The van der Waals surface area contributed by atoms with Crippen molar-refractivity contribution in [3.05, 3.63) is 59.7 Å². The number of nitrogens with zero attached hydrogens (tertiary/aromatic N) is 1. The smallest absolute Gasteiger partial charge is 0.258 e. The van der Waals surface area contributed by atoms with Crippen LogP contribution in [0.3, 0.4) is 0 Å². The molecule has 1 fully saturated rings. The summed E-state index contributed by atoms with van der Waals surface area (Å²) in [5.41, 5.74) is 1.29. The van der Waals surface area contributed by atoms with Crippen LogP contribution in [0.15, 0.2) is 42.5 Å². The normalized spacial score (nSPS) is 15.8. The van der Waals surface area contributed by atoms with E-state index in [9.17, 15) is 13.6 Å². The number of carbonyl (C=O) groups excluding carboxylic acids is 1. The van der Waals surface area contributed by atoms with E-state index in [0.29, 0.717) is 17.8 Å². The standard InChI is InChI=1S/C19H21F2N3O/c1-24-9-7-14(8-10-24)22-15-3-2-4-16(12-15)23-19(25)17-6-5-13(20)11-18(17)21/h2-6,11-12,14,22H,7-10H2,1H3,(H,23,25). The molecule has 0 aliphatic carbocycles. The lowest BCUT2D eigenvalue weighted by Gasteiger charge is -2.30. The van der Waals surface area contributed by atoms with Crippen molar-refractivity contribution in [1.82, 2.24) is 4.90 Å².